The van der Waals surface area contributed by atoms with Crippen LogP contribution < -0.4 is 5.32 Å². The van der Waals surface area contributed by atoms with E-state index in [0.29, 0.717) is 11.7 Å². The molecule has 0 spiro atoms. The van der Waals surface area contributed by atoms with Gasteiger partial charge in [0.2, 0.25) is 0 Å². The van der Waals surface area contributed by atoms with Gasteiger partial charge in [-0.15, -0.1) is 0 Å². The first-order chi connectivity index (χ1) is 8.25. The average molecular weight is 235 g/mol. The Morgan fingerprint density at radius 1 is 1.41 bits per heavy atom. The van der Waals surface area contributed by atoms with Crippen LogP contribution in [-0.2, 0) is 4.74 Å². The summed E-state index contributed by atoms with van der Waals surface area (Å²) >= 11 is 0. The lowest BCUT2D eigenvalue weighted by molar-refractivity contribution is 0.0697. The number of carboxylic acid groups (broad SMARTS) is 1. The van der Waals surface area contributed by atoms with Crippen LogP contribution in [0.3, 0.4) is 0 Å². The van der Waals surface area contributed by atoms with Gasteiger partial charge in [-0.25, -0.2) is 4.79 Å². The number of rotatable bonds is 5. The van der Waals surface area contributed by atoms with E-state index in [0.717, 1.165) is 38.1 Å². The fourth-order valence-corrected chi connectivity index (χ4v) is 1.98. The molecule has 1 aromatic carbocycles. The third-order valence-electron chi connectivity index (χ3n) is 2.95. The molecule has 4 heteroatoms. The third kappa shape index (κ3) is 3.46. The van der Waals surface area contributed by atoms with Crippen LogP contribution in [0.15, 0.2) is 24.3 Å². The summed E-state index contributed by atoms with van der Waals surface area (Å²) in [5.41, 5.74) is 1.27. The van der Waals surface area contributed by atoms with Crippen molar-refractivity contribution in [2.75, 3.05) is 18.5 Å². The van der Waals surface area contributed by atoms with Crippen molar-refractivity contribution in [2.45, 2.75) is 25.4 Å². The van der Waals surface area contributed by atoms with Gasteiger partial charge in [-0.1, -0.05) is 0 Å². The van der Waals surface area contributed by atoms with Crippen molar-refractivity contribution in [3.63, 3.8) is 0 Å². The van der Waals surface area contributed by atoms with E-state index in [-0.39, 0.29) is 0 Å². The summed E-state index contributed by atoms with van der Waals surface area (Å²) in [7, 11) is 0. The molecule has 1 aliphatic heterocycles. The molecule has 17 heavy (non-hydrogen) atoms. The van der Waals surface area contributed by atoms with Crippen LogP contribution in [0.1, 0.15) is 29.6 Å². The Hall–Kier alpha value is -1.55. The Morgan fingerprint density at radius 2 is 2.18 bits per heavy atom. The quantitative estimate of drug-likeness (QED) is 0.822. The molecule has 0 radical (unpaired) electrons. The molecule has 0 bridgehead atoms. The largest absolute Gasteiger partial charge is 0.478 e. The van der Waals surface area contributed by atoms with E-state index in [1.165, 1.54) is 0 Å². The summed E-state index contributed by atoms with van der Waals surface area (Å²) in [5.74, 6) is -0.893. The third-order valence-corrected chi connectivity index (χ3v) is 2.95. The summed E-state index contributed by atoms with van der Waals surface area (Å²) in [5, 5.41) is 12.0. The van der Waals surface area contributed by atoms with E-state index < -0.39 is 5.97 Å². The Morgan fingerprint density at radius 3 is 2.76 bits per heavy atom. The second-order valence-electron chi connectivity index (χ2n) is 4.23. The average Bonchev–Trinajstić information content (AvgIpc) is 2.83. The van der Waals surface area contributed by atoms with Crippen LogP contribution in [0, 0.1) is 0 Å². The fourth-order valence-electron chi connectivity index (χ4n) is 1.98. The molecule has 0 unspecified atom stereocenters. The maximum absolute atomic E-state index is 10.7. The first-order valence-electron chi connectivity index (χ1n) is 5.94. The van der Waals surface area contributed by atoms with Crippen molar-refractivity contribution >= 4 is 11.7 Å². The number of ether oxygens (including phenoxy) is 1. The molecule has 4 nitrogen and oxygen atoms in total. The van der Waals surface area contributed by atoms with Crippen molar-refractivity contribution in [3.8, 4) is 0 Å². The second-order valence-corrected chi connectivity index (χ2v) is 4.23. The van der Waals surface area contributed by atoms with E-state index >= 15 is 0 Å². The minimum atomic E-state index is -0.893. The van der Waals surface area contributed by atoms with Crippen molar-refractivity contribution in [3.05, 3.63) is 29.8 Å². The van der Waals surface area contributed by atoms with Crippen molar-refractivity contribution in [1.82, 2.24) is 0 Å². The van der Waals surface area contributed by atoms with E-state index in [2.05, 4.69) is 5.32 Å². The number of carbonyl (C=O) groups is 1. The maximum atomic E-state index is 10.7. The van der Waals surface area contributed by atoms with Gasteiger partial charge in [-0.05, 0) is 43.5 Å². The van der Waals surface area contributed by atoms with Crippen LogP contribution in [0.2, 0.25) is 0 Å². The second kappa shape index (κ2) is 5.68. The molecular weight excluding hydrogens is 218 g/mol. The van der Waals surface area contributed by atoms with Gasteiger partial charge < -0.3 is 15.2 Å². The molecule has 0 saturated carbocycles. The smallest absolute Gasteiger partial charge is 0.335 e. The standard InChI is InChI=1S/C13H17NO3/c15-13(16)10-3-5-11(6-4-10)14-8-7-12-2-1-9-17-12/h3-6,12,14H,1-2,7-9H2,(H,15,16)/t12-/m0/s1. The number of hydrogen-bond acceptors (Lipinski definition) is 3. The SMILES string of the molecule is O=C(O)c1ccc(NCC[C@@H]2CCCO2)cc1. The molecule has 1 aromatic rings. The van der Waals surface area contributed by atoms with Gasteiger partial charge in [0.15, 0.2) is 0 Å². The molecule has 1 atom stereocenters. The lowest BCUT2D eigenvalue weighted by Gasteiger charge is -2.10. The minimum absolute atomic E-state index is 0.315. The number of benzene rings is 1. The Kier molecular flexibility index (Phi) is 3.98. The van der Waals surface area contributed by atoms with Gasteiger partial charge >= 0.3 is 5.97 Å². The maximum Gasteiger partial charge on any atom is 0.335 e. The van der Waals surface area contributed by atoms with Gasteiger partial charge in [-0.2, -0.15) is 0 Å². The lowest BCUT2D eigenvalue weighted by atomic mass is 10.1. The Balaban J connectivity index is 1.76. The number of aromatic carboxylic acids is 1. The Bertz CT molecular complexity index is 369. The summed E-state index contributed by atoms with van der Waals surface area (Å²) in [6.45, 7) is 1.75. The normalized spacial score (nSPS) is 19.2. The zero-order valence-corrected chi connectivity index (χ0v) is 9.69. The molecule has 0 aromatic heterocycles. The highest BCUT2D eigenvalue weighted by Gasteiger charge is 2.14. The predicted octanol–water partition coefficient (Wildman–Crippen LogP) is 2.37. The monoisotopic (exact) mass is 235 g/mol. The first kappa shape index (κ1) is 11.9. The van der Waals surface area contributed by atoms with E-state index in [9.17, 15) is 4.79 Å². The van der Waals surface area contributed by atoms with Gasteiger partial charge in [-0.3, -0.25) is 0 Å². The number of hydrogen-bond donors (Lipinski definition) is 2. The molecule has 1 saturated heterocycles. The molecule has 2 N–H and O–H groups in total. The highest BCUT2D eigenvalue weighted by molar-refractivity contribution is 5.87. The minimum Gasteiger partial charge on any atom is -0.478 e. The molecule has 1 fully saturated rings. The number of anilines is 1. The van der Waals surface area contributed by atoms with Gasteiger partial charge in [0.05, 0.1) is 11.7 Å². The molecule has 0 amide bonds. The van der Waals surface area contributed by atoms with E-state index in [4.69, 9.17) is 9.84 Å². The Labute approximate surface area is 101 Å². The summed E-state index contributed by atoms with van der Waals surface area (Å²) in [6, 6.07) is 6.80. The topological polar surface area (TPSA) is 58.6 Å². The highest BCUT2D eigenvalue weighted by Crippen LogP contribution is 2.16. The molecule has 0 aliphatic carbocycles. The molecule has 1 aliphatic rings. The van der Waals surface area contributed by atoms with Crippen molar-refractivity contribution < 1.29 is 14.6 Å². The first-order valence-corrected chi connectivity index (χ1v) is 5.94. The van der Waals surface area contributed by atoms with Gasteiger partial charge in [0, 0.05) is 18.8 Å². The summed E-state index contributed by atoms with van der Waals surface area (Å²) < 4.78 is 5.52. The highest BCUT2D eigenvalue weighted by atomic mass is 16.5. The predicted molar refractivity (Wildman–Crippen MR) is 65.5 cm³/mol. The molecule has 2 rings (SSSR count). The van der Waals surface area contributed by atoms with Crippen LogP contribution in [0.5, 0.6) is 0 Å². The molecular formula is C13H17NO3. The zero-order valence-electron chi connectivity index (χ0n) is 9.69. The number of carboxylic acids is 1. The summed E-state index contributed by atoms with van der Waals surface area (Å²) in [4.78, 5) is 10.7. The molecule has 92 valence electrons. The van der Waals surface area contributed by atoms with Crippen LogP contribution in [0.25, 0.3) is 0 Å². The van der Waals surface area contributed by atoms with E-state index in [1.54, 1.807) is 24.3 Å². The van der Waals surface area contributed by atoms with E-state index in [1.807, 2.05) is 0 Å². The van der Waals surface area contributed by atoms with Crippen LogP contribution >= 0.6 is 0 Å². The zero-order chi connectivity index (χ0) is 12.1. The van der Waals surface area contributed by atoms with Gasteiger partial charge in [0.25, 0.3) is 0 Å². The van der Waals surface area contributed by atoms with Crippen LogP contribution in [0.4, 0.5) is 5.69 Å². The lowest BCUT2D eigenvalue weighted by Crippen LogP contribution is -2.12. The fraction of sp³-hybridized carbons (Fsp3) is 0.462. The summed E-state index contributed by atoms with van der Waals surface area (Å²) in [6.07, 6.45) is 3.71. The van der Waals surface area contributed by atoms with Crippen molar-refractivity contribution in [1.29, 1.82) is 0 Å². The van der Waals surface area contributed by atoms with Crippen LogP contribution in [-0.4, -0.2) is 30.3 Å². The molecule has 1 heterocycles. The number of nitrogens with one attached hydrogen (secondary N) is 1. The van der Waals surface area contributed by atoms with Crippen molar-refractivity contribution in [2.24, 2.45) is 0 Å². The van der Waals surface area contributed by atoms with Gasteiger partial charge in [0.1, 0.15) is 0 Å².